The van der Waals surface area contributed by atoms with E-state index in [9.17, 15) is 22.4 Å². The van der Waals surface area contributed by atoms with E-state index in [0.29, 0.717) is 0 Å². The molecule has 0 fully saturated rings. The van der Waals surface area contributed by atoms with Crippen LogP contribution < -0.4 is 11.1 Å². The summed E-state index contributed by atoms with van der Waals surface area (Å²) in [5, 5.41) is 2.20. The molecule has 23 heavy (non-hydrogen) atoms. The molecule has 0 aliphatic rings. The fraction of sp³-hybridized carbons (Fsp3) is 0.214. The molecule has 1 aromatic heterocycles. The molecule has 9 heteroatoms. The Balaban J connectivity index is 2.26. The molecule has 0 aliphatic heterocycles. The average Bonchev–Trinajstić information content (AvgIpc) is 2.46. The molecule has 0 radical (unpaired) electrons. The molecule has 1 aromatic carbocycles. The maximum absolute atomic E-state index is 12.9. The smallest absolute Gasteiger partial charge is 0.382 e. The highest BCUT2D eigenvalue weighted by Gasteiger charge is 2.34. The standard InChI is InChI=1S/C14H12F4N4O/c15-9-3-1-8(2-4-9)10(7-14(16,17)18)22-13(23)11-12(19)21-6-5-20-11/h1-6,10H,7H2,(H2,19,21)(H,22,23)/t10-/m0/s1. The molecule has 0 spiro atoms. The van der Waals surface area contributed by atoms with E-state index in [1.54, 1.807) is 0 Å². The van der Waals surface area contributed by atoms with Crippen molar-refractivity contribution in [1.29, 1.82) is 0 Å². The van der Waals surface area contributed by atoms with Gasteiger partial charge in [-0.2, -0.15) is 13.2 Å². The predicted octanol–water partition coefficient (Wildman–Crippen LogP) is 2.62. The normalized spacial score (nSPS) is 12.7. The lowest BCUT2D eigenvalue weighted by Gasteiger charge is -2.20. The first-order chi connectivity index (χ1) is 10.8. The molecule has 5 nitrogen and oxygen atoms in total. The molecule has 0 unspecified atom stereocenters. The van der Waals surface area contributed by atoms with Crippen LogP contribution in [-0.4, -0.2) is 22.1 Å². The fourth-order valence-corrected chi connectivity index (χ4v) is 1.93. The van der Waals surface area contributed by atoms with Crippen LogP contribution in [0.4, 0.5) is 23.4 Å². The summed E-state index contributed by atoms with van der Waals surface area (Å²) in [6.07, 6.45) is -3.40. The van der Waals surface area contributed by atoms with Crippen molar-refractivity contribution < 1.29 is 22.4 Å². The molecule has 3 N–H and O–H groups in total. The SMILES string of the molecule is Nc1nccnc1C(=O)N[C@@H](CC(F)(F)F)c1ccc(F)cc1. The van der Waals surface area contributed by atoms with E-state index in [1.165, 1.54) is 24.5 Å². The van der Waals surface area contributed by atoms with Crippen molar-refractivity contribution >= 4 is 11.7 Å². The summed E-state index contributed by atoms with van der Waals surface area (Å²) in [6.45, 7) is 0. The second kappa shape index (κ2) is 6.59. The zero-order valence-electron chi connectivity index (χ0n) is 11.6. The first kappa shape index (κ1) is 16.7. The highest BCUT2D eigenvalue weighted by Crippen LogP contribution is 2.30. The summed E-state index contributed by atoms with van der Waals surface area (Å²) in [5.41, 5.74) is 5.31. The molecule has 2 rings (SSSR count). The molecular weight excluding hydrogens is 316 g/mol. The van der Waals surface area contributed by atoms with Gasteiger partial charge in [-0.25, -0.2) is 14.4 Å². The minimum atomic E-state index is -4.53. The Morgan fingerprint density at radius 2 is 1.78 bits per heavy atom. The zero-order chi connectivity index (χ0) is 17.0. The first-order valence-corrected chi connectivity index (χ1v) is 6.46. The number of rotatable bonds is 4. The van der Waals surface area contributed by atoms with E-state index < -0.39 is 30.4 Å². The molecule has 1 heterocycles. The molecular formula is C14H12F4N4O. The van der Waals surface area contributed by atoms with Crippen molar-refractivity contribution in [2.24, 2.45) is 0 Å². The summed E-state index contributed by atoms with van der Waals surface area (Å²) in [6, 6.07) is 2.98. The third-order valence-corrected chi connectivity index (χ3v) is 2.95. The number of nitrogen functional groups attached to an aromatic ring is 1. The van der Waals surface area contributed by atoms with Crippen molar-refractivity contribution in [2.45, 2.75) is 18.6 Å². The number of nitrogens with two attached hydrogens (primary N) is 1. The van der Waals surface area contributed by atoms with Crippen LogP contribution in [-0.2, 0) is 0 Å². The van der Waals surface area contributed by atoms with Crippen LogP contribution in [0.5, 0.6) is 0 Å². The second-order valence-corrected chi connectivity index (χ2v) is 4.69. The number of alkyl halides is 3. The van der Waals surface area contributed by atoms with Gasteiger partial charge in [-0.05, 0) is 17.7 Å². The van der Waals surface area contributed by atoms with Crippen LogP contribution >= 0.6 is 0 Å². The van der Waals surface area contributed by atoms with Gasteiger partial charge in [0.1, 0.15) is 5.82 Å². The van der Waals surface area contributed by atoms with E-state index in [-0.39, 0.29) is 17.1 Å². The molecule has 0 saturated heterocycles. The van der Waals surface area contributed by atoms with Crippen molar-refractivity contribution in [2.75, 3.05) is 5.73 Å². The number of hydrogen-bond acceptors (Lipinski definition) is 4. The number of halogens is 4. The van der Waals surface area contributed by atoms with Gasteiger partial charge in [0.05, 0.1) is 12.5 Å². The topological polar surface area (TPSA) is 80.9 Å². The monoisotopic (exact) mass is 328 g/mol. The number of hydrogen-bond donors (Lipinski definition) is 2. The predicted molar refractivity (Wildman–Crippen MR) is 73.7 cm³/mol. The average molecular weight is 328 g/mol. The second-order valence-electron chi connectivity index (χ2n) is 4.69. The van der Waals surface area contributed by atoms with Crippen molar-refractivity contribution in [3.8, 4) is 0 Å². The van der Waals surface area contributed by atoms with Gasteiger partial charge >= 0.3 is 6.18 Å². The number of anilines is 1. The number of amides is 1. The molecule has 0 saturated carbocycles. The van der Waals surface area contributed by atoms with Gasteiger partial charge in [-0.15, -0.1) is 0 Å². The molecule has 0 bridgehead atoms. The third-order valence-electron chi connectivity index (χ3n) is 2.95. The van der Waals surface area contributed by atoms with E-state index in [4.69, 9.17) is 5.73 Å². The van der Waals surface area contributed by atoms with E-state index >= 15 is 0 Å². The molecule has 2 aromatic rings. The van der Waals surface area contributed by atoms with Crippen molar-refractivity contribution in [1.82, 2.24) is 15.3 Å². The molecule has 1 atom stereocenters. The van der Waals surface area contributed by atoms with Gasteiger partial charge in [-0.3, -0.25) is 4.79 Å². The zero-order valence-corrected chi connectivity index (χ0v) is 11.6. The Bertz CT molecular complexity index is 688. The first-order valence-electron chi connectivity index (χ1n) is 6.46. The largest absolute Gasteiger partial charge is 0.391 e. The lowest BCUT2D eigenvalue weighted by Crippen LogP contribution is -2.33. The lowest BCUT2D eigenvalue weighted by molar-refractivity contribution is -0.139. The van der Waals surface area contributed by atoms with Gasteiger partial charge in [-0.1, -0.05) is 12.1 Å². The maximum atomic E-state index is 12.9. The fourth-order valence-electron chi connectivity index (χ4n) is 1.93. The molecule has 1 amide bonds. The van der Waals surface area contributed by atoms with Crippen molar-refractivity contribution in [3.05, 3.63) is 53.7 Å². The number of benzene rings is 1. The van der Waals surface area contributed by atoms with Crippen molar-refractivity contribution in [3.63, 3.8) is 0 Å². The van der Waals surface area contributed by atoms with Crippen LogP contribution in [0.25, 0.3) is 0 Å². The maximum Gasteiger partial charge on any atom is 0.391 e. The van der Waals surface area contributed by atoms with Crippen LogP contribution in [0, 0.1) is 5.82 Å². The lowest BCUT2D eigenvalue weighted by atomic mass is 10.0. The van der Waals surface area contributed by atoms with Crippen LogP contribution in [0.3, 0.4) is 0 Å². The summed E-state index contributed by atoms with van der Waals surface area (Å²) in [7, 11) is 0. The Morgan fingerprint density at radius 1 is 1.17 bits per heavy atom. The Hall–Kier alpha value is -2.71. The molecule has 122 valence electrons. The summed E-state index contributed by atoms with van der Waals surface area (Å²) in [4.78, 5) is 19.4. The highest BCUT2D eigenvalue weighted by atomic mass is 19.4. The number of nitrogens with one attached hydrogen (secondary N) is 1. The number of carbonyl (C=O) groups excluding carboxylic acids is 1. The van der Waals surface area contributed by atoms with Gasteiger partial charge < -0.3 is 11.1 Å². The Kier molecular flexibility index (Phi) is 4.77. The Morgan fingerprint density at radius 3 is 2.35 bits per heavy atom. The summed E-state index contributed by atoms with van der Waals surface area (Å²) in [5.74, 6) is -1.69. The van der Waals surface area contributed by atoms with Crippen LogP contribution in [0.2, 0.25) is 0 Å². The third kappa shape index (κ3) is 4.63. The minimum Gasteiger partial charge on any atom is -0.382 e. The van der Waals surface area contributed by atoms with Crippen LogP contribution in [0.1, 0.15) is 28.5 Å². The minimum absolute atomic E-state index is 0.111. The summed E-state index contributed by atoms with van der Waals surface area (Å²) >= 11 is 0. The quantitative estimate of drug-likeness (QED) is 0.846. The summed E-state index contributed by atoms with van der Waals surface area (Å²) < 4.78 is 51.1. The number of nitrogens with zero attached hydrogens (tertiary/aromatic N) is 2. The number of carbonyl (C=O) groups is 1. The number of aromatic nitrogens is 2. The van der Waals surface area contributed by atoms with E-state index in [1.807, 2.05) is 0 Å². The van der Waals surface area contributed by atoms with Gasteiger partial charge in [0.25, 0.3) is 5.91 Å². The Labute approximate surface area is 128 Å². The van der Waals surface area contributed by atoms with E-state index in [0.717, 1.165) is 12.1 Å². The highest BCUT2D eigenvalue weighted by molar-refractivity contribution is 5.96. The van der Waals surface area contributed by atoms with Gasteiger partial charge in [0, 0.05) is 12.4 Å². The molecule has 0 aliphatic carbocycles. The van der Waals surface area contributed by atoms with Gasteiger partial charge in [0.15, 0.2) is 11.5 Å². The van der Waals surface area contributed by atoms with E-state index in [2.05, 4.69) is 15.3 Å². The van der Waals surface area contributed by atoms with Crippen LogP contribution in [0.15, 0.2) is 36.7 Å². The van der Waals surface area contributed by atoms with Gasteiger partial charge in [0.2, 0.25) is 0 Å².